The fourth-order valence-electron chi connectivity index (χ4n) is 5.25. The number of anilines is 2. The number of amides is 2. The molecular formula is C44H34N2O12S. The van der Waals surface area contributed by atoms with Gasteiger partial charge in [0.2, 0.25) is 9.84 Å². The number of phenolic OH excluding ortho intramolecular Hbond substituents is 1. The zero-order valence-corrected chi connectivity index (χ0v) is 31.6. The highest BCUT2D eigenvalue weighted by Crippen LogP contribution is 2.26. The minimum Gasteiger partial charge on any atom is -0.508 e. The van der Waals surface area contributed by atoms with Crippen molar-refractivity contribution in [3.05, 3.63) is 168 Å². The Labute approximate surface area is 338 Å². The molecule has 6 rings (SSSR count). The smallest absolute Gasteiger partial charge is 0.336 e. The molecule has 0 saturated carbocycles. The Hall–Kier alpha value is -8.09. The van der Waals surface area contributed by atoms with Crippen LogP contribution in [0, 0.1) is 12.5 Å². The van der Waals surface area contributed by atoms with E-state index >= 15 is 0 Å². The number of carbonyl (C=O) groups excluding carboxylic acids is 2. The average Bonchev–Trinajstić information content (AvgIpc) is 3.23. The van der Waals surface area contributed by atoms with Crippen LogP contribution >= 0.6 is 0 Å². The van der Waals surface area contributed by atoms with Gasteiger partial charge >= 0.3 is 11.9 Å². The number of hydrogen-bond acceptors (Lipinski definition) is 10. The van der Waals surface area contributed by atoms with Crippen molar-refractivity contribution in [2.75, 3.05) is 23.8 Å². The van der Waals surface area contributed by atoms with Gasteiger partial charge in [-0.3, -0.25) is 9.59 Å². The minimum absolute atomic E-state index is 0.0788. The molecule has 0 unspecified atom stereocenters. The van der Waals surface area contributed by atoms with Gasteiger partial charge in [-0.15, -0.1) is 0 Å². The molecule has 0 aliphatic heterocycles. The van der Waals surface area contributed by atoms with Crippen LogP contribution in [-0.2, 0) is 9.84 Å². The topological polar surface area (TPSA) is 215 Å². The molecule has 0 saturated heterocycles. The van der Waals surface area contributed by atoms with Gasteiger partial charge in [0.15, 0.2) is 0 Å². The maximum Gasteiger partial charge on any atom is 0.336 e. The second-order valence-corrected chi connectivity index (χ2v) is 14.0. The molecule has 5 N–H and O–H groups in total. The number of carbonyl (C=O) groups is 4. The van der Waals surface area contributed by atoms with Crippen molar-refractivity contribution in [2.45, 2.75) is 9.79 Å². The van der Waals surface area contributed by atoms with E-state index in [1.807, 2.05) is 30.4 Å². The van der Waals surface area contributed by atoms with E-state index in [-0.39, 0.29) is 68.1 Å². The third-order valence-corrected chi connectivity index (χ3v) is 9.86. The number of hydrogen-bond donors (Lipinski definition) is 5. The number of benzene rings is 6. The van der Waals surface area contributed by atoms with Crippen LogP contribution in [0.3, 0.4) is 0 Å². The van der Waals surface area contributed by atoms with Crippen LogP contribution in [0.25, 0.3) is 0 Å². The van der Waals surface area contributed by atoms with Crippen molar-refractivity contribution < 1.29 is 57.1 Å². The van der Waals surface area contributed by atoms with Crippen molar-refractivity contribution in [1.29, 1.82) is 0 Å². The van der Waals surface area contributed by atoms with Gasteiger partial charge in [-0.2, -0.15) is 0 Å². The highest BCUT2D eigenvalue weighted by molar-refractivity contribution is 7.91. The summed E-state index contributed by atoms with van der Waals surface area (Å²) in [4.78, 5) is 49.3. The summed E-state index contributed by atoms with van der Waals surface area (Å²) in [6, 6.07) is 35.8. The number of para-hydroxylation sites is 2. The van der Waals surface area contributed by atoms with E-state index in [1.54, 1.807) is 36.4 Å². The predicted molar refractivity (Wildman–Crippen MR) is 216 cm³/mol. The maximum atomic E-state index is 13.4. The van der Waals surface area contributed by atoms with E-state index in [9.17, 15) is 37.8 Å². The molecule has 59 heavy (non-hydrogen) atoms. The molecule has 0 aliphatic carbocycles. The summed E-state index contributed by atoms with van der Waals surface area (Å²) in [6.45, 7) is 0.332. The summed E-state index contributed by atoms with van der Waals surface area (Å²) >= 11 is 0. The summed E-state index contributed by atoms with van der Waals surface area (Å²) in [7, 11) is -4.06. The van der Waals surface area contributed by atoms with Crippen LogP contribution in [0.4, 0.5) is 11.4 Å². The van der Waals surface area contributed by atoms with Gasteiger partial charge in [0.05, 0.1) is 32.0 Å². The summed E-state index contributed by atoms with van der Waals surface area (Å²) in [5, 5.41) is 32.9. The van der Waals surface area contributed by atoms with Crippen molar-refractivity contribution in [3.63, 3.8) is 0 Å². The van der Waals surface area contributed by atoms with E-state index in [2.05, 4.69) is 10.6 Å². The van der Waals surface area contributed by atoms with Gasteiger partial charge in [0.1, 0.15) is 42.3 Å². The van der Waals surface area contributed by atoms with E-state index in [0.717, 1.165) is 0 Å². The van der Waals surface area contributed by atoms with Crippen LogP contribution in [0.15, 0.2) is 155 Å². The van der Waals surface area contributed by atoms with Crippen molar-refractivity contribution >= 4 is 45.0 Å². The van der Waals surface area contributed by atoms with E-state index < -0.39 is 33.6 Å². The Balaban J connectivity index is 0.000000854. The molecule has 6 aromatic rings. The molecule has 15 heteroatoms. The maximum absolute atomic E-state index is 13.4. The molecule has 0 heterocycles. The predicted octanol–water partition coefficient (Wildman–Crippen LogP) is 7.24. The number of terminal acetylenes is 1. The van der Waals surface area contributed by atoms with Gasteiger partial charge in [0.25, 0.3) is 11.8 Å². The standard InChI is InChI=1S/C38H28N2O11S.C6H6O/c1-2-49-27-12-18-31(37(43)44)33(22-27)35(41)39-24-8-14-29(15-9-24)52(47,48)30-16-10-25(11-17-30)40-36(42)34-23-28(13-19-32(34)38(45)46)51-21-20-50-26-6-4-3-5-7-26;7-6-4-2-1-3-5-6/h1,3-19,22-23H,20-21H2,(H,39,41)(H,40,42)(H,43,44)(H,45,46);1-5,7H. The zero-order chi connectivity index (χ0) is 42.4. The molecule has 0 bridgehead atoms. The lowest BCUT2D eigenvalue weighted by Gasteiger charge is -2.12. The Bertz CT molecular complexity index is 2590. The molecule has 0 atom stereocenters. The number of carboxylic acid groups (broad SMARTS) is 2. The van der Waals surface area contributed by atoms with Gasteiger partial charge in [0, 0.05) is 11.4 Å². The third-order valence-electron chi connectivity index (χ3n) is 8.07. The number of aromatic carboxylic acids is 2. The SMILES string of the molecule is C#COc1ccc(C(=O)O)c(C(=O)Nc2ccc(S(=O)(=O)c3ccc(NC(=O)c4cc(OCCOc5ccccc5)ccc4C(=O)O)cc3)cc2)c1.Oc1ccccc1. The Morgan fingerprint density at radius 2 is 0.966 bits per heavy atom. The molecule has 0 aliphatic rings. The quantitative estimate of drug-likeness (QED) is 0.0544. The van der Waals surface area contributed by atoms with Crippen molar-refractivity contribution in [1.82, 2.24) is 0 Å². The first-order valence-electron chi connectivity index (χ1n) is 17.4. The lowest BCUT2D eigenvalue weighted by Crippen LogP contribution is -2.17. The molecule has 2 amide bonds. The number of aromatic hydroxyl groups is 1. The average molecular weight is 815 g/mol. The second-order valence-electron chi connectivity index (χ2n) is 12.1. The summed E-state index contributed by atoms with van der Waals surface area (Å²) < 4.78 is 42.8. The van der Waals surface area contributed by atoms with Crippen LogP contribution in [-0.4, -0.2) is 60.7 Å². The molecular weight excluding hydrogens is 781 g/mol. The Kier molecular flexibility index (Phi) is 14.0. The summed E-state index contributed by atoms with van der Waals surface area (Å²) in [5.41, 5.74) is -0.598. The number of sulfone groups is 1. The number of rotatable bonds is 14. The largest absolute Gasteiger partial charge is 0.508 e. The van der Waals surface area contributed by atoms with Crippen LogP contribution in [0.2, 0.25) is 0 Å². The fourth-order valence-corrected chi connectivity index (χ4v) is 6.51. The van der Waals surface area contributed by atoms with Crippen LogP contribution in [0.5, 0.6) is 23.0 Å². The van der Waals surface area contributed by atoms with Crippen LogP contribution < -0.4 is 24.8 Å². The fraction of sp³-hybridized carbons (Fsp3) is 0.0455. The molecule has 0 fully saturated rings. The normalized spacial score (nSPS) is 10.4. The van der Waals surface area contributed by atoms with E-state index in [4.69, 9.17) is 25.7 Å². The van der Waals surface area contributed by atoms with E-state index in [0.29, 0.717) is 11.5 Å². The molecule has 0 radical (unpaired) electrons. The minimum atomic E-state index is -4.06. The molecule has 14 nitrogen and oxygen atoms in total. The van der Waals surface area contributed by atoms with Gasteiger partial charge in [-0.1, -0.05) is 42.8 Å². The highest BCUT2D eigenvalue weighted by atomic mass is 32.2. The molecule has 0 spiro atoms. The third kappa shape index (κ3) is 11.5. The zero-order valence-electron chi connectivity index (χ0n) is 30.8. The van der Waals surface area contributed by atoms with Crippen molar-refractivity contribution in [3.8, 4) is 35.5 Å². The summed E-state index contributed by atoms with van der Waals surface area (Å²) in [5.74, 6) is -2.94. The van der Waals surface area contributed by atoms with Crippen molar-refractivity contribution in [2.24, 2.45) is 0 Å². The molecule has 0 aromatic heterocycles. The Morgan fingerprint density at radius 1 is 0.542 bits per heavy atom. The number of phenols is 1. The number of carboxylic acids is 2. The first-order chi connectivity index (χ1) is 28.3. The van der Waals surface area contributed by atoms with Crippen LogP contribution in [0.1, 0.15) is 41.4 Å². The first kappa shape index (κ1) is 42.1. The van der Waals surface area contributed by atoms with Gasteiger partial charge in [-0.25, -0.2) is 18.0 Å². The molecule has 298 valence electrons. The highest BCUT2D eigenvalue weighted by Gasteiger charge is 2.22. The monoisotopic (exact) mass is 814 g/mol. The first-order valence-corrected chi connectivity index (χ1v) is 18.8. The summed E-state index contributed by atoms with van der Waals surface area (Å²) in [6.07, 6.45) is 7.05. The lowest BCUT2D eigenvalue weighted by atomic mass is 10.1. The Morgan fingerprint density at radius 3 is 1.39 bits per heavy atom. The second kappa shape index (κ2) is 19.7. The van der Waals surface area contributed by atoms with Gasteiger partial charge in [-0.05, 0) is 109 Å². The number of nitrogens with one attached hydrogen (secondary N) is 2. The molecule has 6 aromatic carbocycles. The van der Waals surface area contributed by atoms with E-state index in [1.165, 1.54) is 84.9 Å². The lowest BCUT2D eigenvalue weighted by molar-refractivity contribution is 0.0683. The van der Waals surface area contributed by atoms with Gasteiger partial charge < -0.3 is 40.2 Å². The number of ether oxygens (including phenoxy) is 3.